The van der Waals surface area contributed by atoms with Gasteiger partial charge in [-0.25, -0.2) is 4.79 Å². The minimum absolute atomic E-state index is 0.0259. The van der Waals surface area contributed by atoms with Crippen LogP contribution in [-0.4, -0.2) is 61.6 Å². The highest BCUT2D eigenvalue weighted by Crippen LogP contribution is 2.38. The first-order chi connectivity index (χ1) is 11.7. The van der Waals surface area contributed by atoms with Crippen LogP contribution in [0.1, 0.15) is 28.1 Å². The molecule has 0 aromatic rings. The number of carboxylic acid groups (broad SMARTS) is 1. The summed E-state index contributed by atoms with van der Waals surface area (Å²) in [5.41, 5.74) is -1.60. The zero-order valence-electron chi connectivity index (χ0n) is 14.9. The Kier molecular flexibility index (Phi) is 5.83. The maximum atomic E-state index is 12.0. The van der Waals surface area contributed by atoms with E-state index in [1.54, 1.807) is 26.0 Å². The van der Waals surface area contributed by atoms with E-state index in [2.05, 4.69) is 4.74 Å². The lowest BCUT2D eigenvalue weighted by Gasteiger charge is -2.46. The van der Waals surface area contributed by atoms with Gasteiger partial charge in [0.25, 0.3) is 6.47 Å². The molecule has 0 bridgehead atoms. The molecule has 0 spiro atoms. The number of carbonyl (C=O) groups is 2. The lowest BCUT2D eigenvalue weighted by molar-refractivity contribution is -0.322. The van der Waals surface area contributed by atoms with Gasteiger partial charge >= 0.3 is 5.97 Å². The highest BCUT2D eigenvalue weighted by atomic mass is 16.7. The van der Waals surface area contributed by atoms with Gasteiger partial charge in [0, 0.05) is 18.8 Å². The van der Waals surface area contributed by atoms with Crippen molar-refractivity contribution >= 4 is 12.4 Å². The fourth-order valence-corrected chi connectivity index (χ4v) is 2.78. The van der Waals surface area contributed by atoms with Crippen LogP contribution in [0.2, 0.25) is 0 Å². The van der Waals surface area contributed by atoms with Crippen molar-refractivity contribution in [3.8, 4) is 0 Å². The average Bonchev–Trinajstić information content (AvgIpc) is 2.96. The van der Waals surface area contributed by atoms with E-state index in [4.69, 9.17) is 20.3 Å². The molecular weight excluding hydrogens is 320 g/mol. The van der Waals surface area contributed by atoms with Gasteiger partial charge in [-0.1, -0.05) is 12.2 Å². The van der Waals surface area contributed by atoms with Crippen molar-refractivity contribution in [2.24, 2.45) is 5.92 Å². The monoisotopic (exact) mass is 345 g/mol. The van der Waals surface area contributed by atoms with Crippen LogP contribution in [0.25, 0.3) is 0 Å². The SMILES string of the molecule is [2H]C1(C/C=C/[C@@H]2COC(C)(C)O[C@]2(CCOC=O)C(=O)O)OCCO1. The van der Waals surface area contributed by atoms with E-state index in [0.717, 1.165) is 0 Å². The Bertz CT molecular complexity index is 514. The summed E-state index contributed by atoms with van der Waals surface area (Å²) < 4.78 is 34.3. The molecule has 0 aromatic carbocycles. The van der Waals surface area contributed by atoms with Crippen molar-refractivity contribution in [2.75, 3.05) is 26.4 Å². The van der Waals surface area contributed by atoms with Crippen molar-refractivity contribution in [1.82, 2.24) is 0 Å². The van der Waals surface area contributed by atoms with Gasteiger partial charge in [0.1, 0.15) is 0 Å². The average molecular weight is 345 g/mol. The first-order valence-corrected chi connectivity index (χ1v) is 7.80. The molecule has 0 unspecified atom stereocenters. The van der Waals surface area contributed by atoms with Crippen molar-refractivity contribution in [3.05, 3.63) is 12.2 Å². The molecule has 8 heteroatoms. The fraction of sp³-hybridized carbons (Fsp3) is 0.750. The molecule has 0 aromatic heterocycles. The van der Waals surface area contributed by atoms with E-state index in [1.807, 2.05) is 0 Å². The Balaban J connectivity index is 2.15. The van der Waals surface area contributed by atoms with Gasteiger partial charge < -0.3 is 28.8 Å². The summed E-state index contributed by atoms with van der Waals surface area (Å²) in [6.07, 6.45) is 1.94. The van der Waals surface area contributed by atoms with Gasteiger partial charge in [0.05, 0.1) is 27.8 Å². The Labute approximate surface area is 142 Å². The summed E-state index contributed by atoms with van der Waals surface area (Å²) in [6.45, 7) is 4.25. The topological polar surface area (TPSA) is 101 Å². The van der Waals surface area contributed by atoms with E-state index < -0.39 is 29.5 Å². The van der Waals surface area contributed by atoms with Crippen LogP contribution in [-0.2, 0) is 33.3 Å². The molecule has 0 aliphatic carbocycles. The van der Waals surface area contributed by atoms with Crippen LogP contribution < -0.4 is 0 Å². The van der Waals surface area contributed by atoms with Crippen LogP contribution in [0.15, 0.2) is 12.2 Å². The van der Waals surface area contributed by atoms with Crippen LogP contribution in [0, 0.1) is 5.92 Å². The van der Waals surface area contributed by atoms with Gasteiger partial charge in [0.15, 0.2) is 17.7 Å². The summed E-state index contributed by atoms with van der Waals surface area (Å²) in [6, 6.07) is 0. The number of ether oxygens (including phenoxy) is 5. The largest absolute Gasteiger partial charge is 0.479 e. The van der Waals surface area contributed by atoms with Gasteiger partial charge in [-0.15, -0.1) is 0 Å². The minimum Gasteiger partial charge on any atom is -0.479 e. The quantitative estimate of drug-likeness (QED) is 0.396. The highest BCUT2D eigenvalue weighted by Gasteiger charge is 2.53. The molecule has 0 amide bonds. The molecule has 2 aliphatic heterocycles. The molecular formula is C16H24O8. The van der Waals surface area contributed by atoms with Gasteiger partial charge in [-0.3, -0.25) is 4.79 Å². The summed E-state index contributed by atoms with van der Waals surface area (Å²) >= 11 is 0. The Morgan fingerprint density at radius 2 is 2.12 bits per heavy atom. The zero-order chi connectivity index (χ0) is 18.6. The molecule has 24 heavy (non-hydrogen) atoms. The number of rotatable bonds is 8. The smallest absolute Gasteiger partial charge is 0.336 e. The van der Waals surface area contributed by atoms with E-state index in [-0.39, 0.29) is 32.5 Å². The van der Waals surface area contributed by atoms with Crippen LogP contribution in [0.4, 0.5) is 0 Å². The second kappa shape index (κ2) is 8.06. The molecule has 0 saturated carbocycles. The van der Waals surface area contributed by atoms with E-state index in [0.29, 0.717) is 13.2 Å². The Morgan fingerprint density at radius 1 is 1.42 bits per heavy atom. The minimum atomic E-state index is -1.60. The third-order valence-corrected chi connectivity index (χ3v) is 3.92. The third kappa shape index (κ3) is 4.54. The number of aliphatic carboxylic acids is 1. The summed E-state index contributed by atoms with van der Waals surface area (Å²) in [7, 11) is 0. The second-order valence-electron chi connectivity index (χ2n) is 6.03. The molecule has 8 nitrogen and oxygen atoms in total. The summed E-state index contributed by atoms with van der Waals surface area (Å²) in [5, 5.41) is 9.81. The predicted octanol–water partition coefficient (Wildman–Crippen LogP) is 1.09. The molecule has 2 aliphatic rings. The van der Waals surface area contributed by atoms with E-state index in [1.165, 1.54) is 0 Å². The number of carboxylic acids is 1. The van der Waals surface area contributed by atoms with Crippen LogP contribution >= 0.6 is 0 Å². The molecule has 2 rings (SSSR count). The van der Waals surface area contributed by atoms with Gasteiger partial charge in [-0.05, 0) is 13.8 Å². The fourth-order valence-electron chi connectivity index (χ4n) is 2.78. The maximum absolute atomic E-state index is 12.0. The number of hydrogen-bond donors (Lipinski definition) is 1. The van der Waals surface area contributed by atoms with Crippen molar-refractivity contribution in [1.29, 1.82) is 0 Å². The standard InChI is InChI=1S/C16H24O8/c1-15(2)23-10-12(4-3-5-13-21-8-9-22-13)16(24-15,14(18)19)6-7-20-11-17/h3-4,11-13H,5-10H2,1-2H3,(H,18,19)/b4-3+/t12-,16+/m1/s1/i13D. The van der Waals surface area contributed by atoms with Crippen molar-refractivity contribution < 1.29 is 39.8 Å². The van der Waals surface area contributed by atoms with E-state index >= 15 is 0 Å². The van der Waals surface area contributed by atoms with Crippen molar-refractivity contribution in [3.63, 3.8) is 0 Å². The zero-order valence-corrected chi connectivity index (χ0v) is 13.9. The molecule has 136 valence electrons. The second-order valence-corrected chi connectivity index (χ2v) is 6.03. The molecule has 1 N–H and O–H groups in total. The van der Waals surface area contributed by atoms with Crippen LogP contribution in [0.5, 0.6) is 0 Å². The van der Waals surface area contributed by atoms with Crippen LogP contribution in [0.3, 0.4) is 0 Å². The lowest BCUT2D eigenvalue weighted by Crippen LogP contribution is -2.59. The summed E-state index contributed by atoms with van der Waals surface area (Å²) in [4.78, 5) is 22.4. The first-order valence-electron chi connectivity index (χ1n) is 8.30. The highest BCUT2D eigenvalue weighted by molar-refractivity contribution is 5.78. The Hall–Kier alpha value is -1.48. The Morgan fingerprint density at radius 3 is 2.75 bits per heavy atom. The predicted molar refractivity (Wildman–Crippen MR) is 81.1 cm³/mol. The first kappa shape index (κ1) is 17.3. The number of carbonyl (C=O) groups excluding carboxylic acids is 1. The molecule has 0 radical (unpaired) electrons. The number of hydrogen-bond acceptors (Lipinski definition) is 7. The van der Waals surface area contributed by atoms with E-state index in [9.17, 15) is 14.7 Å². The molecule has 2 fully saturated rings. The molecule has 2 atom stereocenters. The van der Waals surface area contributed by atoms with Crippen molar-refractivity contribution in [2.45, 2.75) is 44.3 Å². The molecule has 2 heterocycles. The lowest BCUT2D eigenvalue weighted by atomic mass is 9.82. The summed E-state index contributed by atoms with van der Waals surface area (Å²) in [5.74, 6) is -2.88. The normalized spacial score (nSPS) is 32.4. The third-order valence-electron chi connectivity index (χ3n) is 3.92. The van der Waals surface area contributed by atoms with Gasteiger partial charge in [0.2, 0.25) is 0 Å². The molecule has 2 saturated heterocycles. The maximum Gasteiger partial charge on any atom is 0.336 e. The van der Waals surface area contributed by atoms with Gasteiger partial charge in [-0.2, -0.15) is 0 Å².